The van der Waals surface area contributed by atoms with Crippen LogP contribution in [0.5, 0.6) is 0 Å². The first-order valence-electron chi connectivity index (χ1n) is 8.73. The van der Waals surface area contributed by atoms with Crippen LogP contribution in [0.15, 0.2) is 36.7 Å². The Morgan fingerprint density at radius 2 is 1.78 bits per heavy atom. The second-order valence-electron chi connectivity index (χ2n) is 7.92. The van der Waals surface area contributed by atoms with Gasteiger partial charge in [-0.25, -0.2) is 4.98 Å². The third-order valence-electron chi connectivity index (χ3n) is 5.27. The molecule has 0 radical (unpaired) electrons. The molecule has 0 saturated heterocycles. The van der Waals surface area contributed by atoms with Crippen molar-refractivity contribution in [2.45, 2.75) is 64.0 Å². The molecule has 1 heterocycles. The van der Waals surface area contributed by atoms with E-state index in [0.717, 1.165) is 12.4 Å². The van der Waals surface area contributed by atoms with Crippen molar-refractivity contribution >= 4 is 0 Å². The zero-order chi connectivity index (χ0) is 16.5. The van der Waals surface area contributed by atoms with E-state index in [2.05, 4.69) is 67.0 Å². The van der Waals surface area contributed by atoms with Crippen LogP contribution in [0.25, 0.3) is 0 Å². The summed E-state index contributed by atoms with van der Waals surface area (Å²) in [4.78, 5) is 4.45. The molecule has 1 aliphatic carbocycles. The van der Waals surface area contributed by atoms with Gasteiger partial charge in [0.25, 0.3) is 0 Å². The molecule has 0 atom stereocenters. The second kappa shape index (κ2) is 6.12. The fourth-order valence-electron chi connectivity index (χ4n) is 3.65. The number of hydrogen-bond acceptors (Lipinski definition) is 2. The lowest BCUT2D eigenvalue weighted by molar-refractivity contribution is 0.333. The van der Waals surface area contributed by atoms with Crippen molar-refractivity contribution < 1.29 is 0 Å². The Morgan fingerprint density at radius 1 is 1.13 bits per heavy atom. The van der Waals surface area contributed by atoms with E-state index in [4.69, 9.17) is 0 Å². The average Bonchev–Trinajstić information content (AvgIpc) is 3.14. The molecule has 1 aromatic carbocycles. The molecule has 1 saturated carbocycles. The molecule has 3 rings (SSSR count). The van der Waals surface area contributed by atoms with Crippen LogP contribution in [-0.4, -0.2) is 9.55 Å². The van der Waals surface area contributed by atoms with Gasteiger partial charge in [-0.2, -0.15) is 0 Å². The van der Waals surface area contributed by atoms with Crippen molar-refractivity contribution in [3.63, 3.8) is 0 Å². The highest BCUT2D eigenvalue weighted by molar-refractivity contribution is 5.32. The maximum absolute atomic E-state index is 4.45. The fourth-order valence-corrected chi connectivity index (χ4v) is 3.65. The molecule has 124 valence electrons. The van der Waals surface area contributed by atoms with Gasteiger partial charge in [0.1, 0.15) is 5.82 Å². The third-order valence-corrected chi connectivity index (χ3v) is 5.27. The summed E-state index contributed by atoms with van der Waals surface area (Å²) in [6.45, 7) is 7.64. The lowest BCUT2D eigenvalue weighted by Crippen LogP contribution is -2.40. The molecule has 0 aliphatic heterocycles. The van der Waals surface area contributed by atoms with E-state index in [-0.39, 0.29) is 11.0 Å². The minimum absolute atomic E-state index is 0.113. The molecule has 2 aromatic rings. The first kappa shape index (κ1) is 16.3. The first-order chi connectivity index (χ1) is 10.9. The summed E-state index contributed by atoms with van der Waals surface area (Å²) in [5.41, 5.74) is 3.15. The molecule has 1 aliphatic rings. The van der Waals surface area contributed by atoms with Gasteiger partial charge in [0.15, 0.2) is 0 Å². The van der Waals surface area contributed by atoms with Crippen LogP contribution in [0.1, 0.15) is 63.4 Å². The summed E-state index contributed by atoms with van der Waals surface area (Å²) < 4.78 is 2.10. The molecule has 23 heavy (non-hydrogen) atoms. The number of nitrogens with one attached hydrogen (secondary N) is 1. The molecule has 0 bridgehead atoms. The van der Waals surface area contributed by atoms with Gasteiger partial charge in [0.05, 0.1) is 6.54 Å². The van der Waals surface area contributed by atoms with Crippen LogP contribution in [0.4, 0.5) is 0 Å². The standard InChI is InChI=1S/C20H29N3/c1-19(2,3)16-7-9-17(10-8-16)20(11-5-6-12-20)22-15-18-21-13-14-23(18)4/h7-10,13-14,22H,5-6,11-12,15H2,1-4H3. The Bertz CT molecular complexity index is 640. The van der Waals surface area contributed by atoms with E-state index in [9.17, 15) is 0 Å². The van der Waals surface area contributed by atoms with Gasteiger partial charge in [0.2, 0.25) is 0 Å². The number of benzene rings is 1. The maximum Gasteiger partial charge on any atom is 0.122 e. The molecule has 3 heteroatoms. The third kappa shape index (κ3) is 3.35. The number of imidazole rings is 1. The highest BCUT2D eigenvalue weighted by atomic mass is 15.1. The molecule has 1 aromatic heterocycles. The predicted molar refractivity (Wildman–Crippen MR) is 95.3 cm³/mol. The van der Waals surface area contributed by atoms with Crippen LogP contribution in [0.3, 0.4) is 0 Å². The van der Waals surface area contributed by atoms with Crippen LogP contribution in [0, 0.1) is 0 Å². The summed E-state index contributed by atoms with van der Waals surface area (Å²) in [7, 11) is 2.06. The van der Waals surface area contributed by atoms with Crippen LogP contribution < -0.4 is 5.32 Å². The van der Waals surface area contributed by atoms with Crippen LogP contribution in [0.2, 0.25) is 0 Å². The molecule has 3 nitrogen and oxygen atoms in total. The number of rotatable bonds is 4. The van der Waals surface area contributed by atoms with Crippen molar-refractivity contribution in [2.75, 3.05) is 0 Å². The Labute approximate surface area is 140 Å². The smallest absolute Gasteiger partial charge is 0.122 e. The minimum Gasteiger partial charge on any atom is -0.337 e. The summed E-state index contributed by atoms with van der Waals surface area (Å²) in [5.74, 6) is 1.10. The SMILES string of the molecule is Cn1ccnc1CNC1(c2ccc(C(C)(C)C)cc2)CCCC1. The Balaban J connectivity index is 1.81. The normalized spacial score (nSPS) is 17.6. The first-order valence-corrected chi connectivity index (χ1v) is 8.73. The summed E-state index contributed by atoms with van der Waals surface area (Å²) >= 11 is 0. The minimum atomic E-state index is 0.113. The predicted octanol–water partition coefficient (Wildman–Crippen LogP) is 4.28. The van der Waals surface area contributed by atoms with Crippen LogP contribution in [-0.2, 0) is 24.5 Å². The van der Waals surface area contributed by atoms with Crippen molar-refractivity contribution in [3.8, 4) is 0 Å². The monoisotopic (exact) mass is 311 g/mol. The zero-order valence-electron chi connectivity index (χ0n) is 14.9. The molecule has 1 fully saturated rings. The molecule has 0 unspecified atom stereocenters. The number of nitrogens with zero attached hydrogens (tertiary/aromatic N) is 2. The van der Waals surface area contributed by atoms with Crippen LogP contribution >= 0.6 is 0 Å². The van der Waals surface area contributed by atoms with Crippen molar-refractivity contribution in [2.24, 2.45) is 7.05 Å². The summed E-state index contributed by atoms with van der Waals surface area (Å²) in [5, 5.41) is 3.83. The number of aryl methyl sites for hydroxylation is 1. The number of hydrogen-bond donors (Lipinski definition) is 1. The van der Waals surface area contributed by atoms with Gasteiger partial charge in [0, 0.05) is 25.0 Å². The van der Waals surface area contributed by atoms with E-state index in [1.54, 1.807) is 0 Å². The van der Waals surface area contributed by atoms with Crippen molar-refractivity contribution in [1.82, 2.24) is 14.9 Å². The summed E-state index contributed by atoms with van der Waals surface area (Å²) in [6.07, 6.45) is 8.91. The lowest BCUT2D eigenvalue weighted by atomic mass is 9.83. The maximum atomic E-state index is 4.45. The lowest BCUT2D eigenvalue weighted by Gasteiger charge is -2.32. The van der Waals surface area contributed by atoms with Gasteiger partial charge in [-0.3, -0.25) is 0 Å². The number of aromatic nitrogens is 2. The molecular weight excluding hydrogens is 282 g/mol. The average molecular weight is 311 g/mol. The van der Waals surface area contributed by atoms with Gasteiger partial charge < -0.3 is 9.88 Å². The topological polar surface area (TPSA) is 29.9 Å². The molecular formula is C20H29N3. The molecule has 0 spiro atoms. The fraction of sp³-hybridized carbons (Fsp3) is 0.550. The van der Waals surface area contributed by atoms with Gasteiger partial charge >= 0.3 is 0 Å². The van der Waals surface area contributed by atoms with Crippen molar-refractivity contribution in [1.29, 1.82) is 0 Å². The largest absolute Gasteiger partial charge is 0.337 e. The molecule has 0 amide bonds. The Morgan fingerprint density at radius 3 is 2.30 bits per heavy atom. The van der Waals surface area contributed by atoms with E-state index >= 15 is 0 Å². The van der Waals surface area contributed by atoms with E-state index in [1.165, 1.54) is 36.8 Å². The Hall–Kier alpha value is -1.61. The van der Waals surface area contributed by atoms with E-state index in [1.807, 2.05) is 12.4 Å². The van der Waals surface area contributed by atoms with E-state index in [0.29, 0.717) is 0 Å². The zero-order valence-corrected chi connectivity index (χ0v) is 14.9. The molecule has 1 N–H and O–H groups in total. The quantitative estimate of drug-likeness (QED) is 0.913. The highest BCUT2D eigenvalue weighted by Crippen LogP contribution is 2.39. The second-order valence-corrected chi connectivity index (χ2v) is 7.92. The van der Waals surface area contributed by atoms with Gasteiger partial charge in [-0.1, -0.05) is 57.9 Å². The van der Waals surface area contributed by atoms with Crippen molar-refractivity contribution in [3.05, 3.63) is 53.6 Å². The highest BCUT2D eigenvalue weighted by Gasteiger charge is 2.35. The summed E-state index contributed by atoms with van der Waals surface area (Å²) in [6, 6.07) is 9.27. The van der Waals surface area contributed by atoms with E-state index < -0.39 is 0 Å². The Kier molecular flexibility index (Phi) is 4.33. The van der Waals surface area contributed by atoms with Gasteiger partial charge in [-0.05, 0) is 29.4 Å². The van der Waals surface area contributed by atoms with Gasteiger partial charge in [-0.15, -0.1) is 0 Å².